The molecule has 8 heteroatoms. The van der Waals surface area contributed by atoms with Gasteiger partial charge in [0.15, 0.2) is 11.6 Å². The van der Waals surface area contributed by atoms with Gasteiger partial charge >= 0.3 is 6.18 Å². The summed E-state index contributed by atoms with van der Waals surface area (Å²) in [6.07, 6.45) is -0.172. The fourth-order valence-corrected chi connectivity index (χ4v) is 4.95. The van der Waals surface area contributed by atoms with Crippen molar-refractivity contribution in [3.8, 4) is 0 Å². The molecule has 2 heterocycles. The van der Waals surface area contributed by atoms with E-state index in [1.54, 1.807) is 12.1 Å². The Kier molecular flexibility index (Phi) is 10.3. The minimum absolute atomic E-state index is 0.594. The second-order valence-electron chi connectivity index (χ2n) is 9.45. The van der Waals surface area contributed by atoms with E-state index in [2.05, 4.69) is 23.0 Å². The molecule has 198 valence electrons. The molecule has 2 aromatic rings. The zero-order valence-electron chi connectivity index (χ0n) is 20.7. The van der Waals surface area contributed by atoms with Gasteiger partial charge in [0.1, 0.15) is 0 Å². The normalized spacial score (nSPS) is 18.1. The Balaban J connectivity index is 0.00000176. The molecule has 0 bridgehead atoms. The Hall–Kier alpha value is -2.45. The number of anilines is 1. The number of alkyl halides is 3. The third kappa shape index (κ3) is 8.03. The van der Waals surface area contributed by atoms with Gasteiger partial charge in [0.05, 0.1) is 5.56 Å². The van der Waals surface area contributed by atoms with Crippen LogP contribution in [0.4, 0.5) is 27.6 Å². The summed E-state index contributed by atoms with van der Waals surface area (Å²) in [5, 5.41) is 0. The Morgan fingerprint density at radius 3 is 2.08 bits per heavy atom. The average molecular weight is 510 g/mol. The second kappa shape index (κ2) is 13.2. The maximum absolute atomic E-state index is 13.4. The lowest BCUT2D eigenvalue weighted by Crippen LogP contribution is -2.47. The summed E-state index contributed by atoms with van der Waals surface area (Å²) in [7, 11) is 0. The molecule has 0 unspecified atom stereocenters. The van der Waals surface area contributed by atoms with Crippen molar-refractivity contribution in [3.63, 3.8) is 0 Å². The minimum atomic E-state index is -4.31. The molecule has 4 rings (SSSR count). The zero-order chi connectivity index (χ0) is 26.1. The quantitative estimate of drug-likeness (QED) is 0.323. The van der Waals surface area contributed by atoms with Gasteiger partial charge in [0.25, 0.3) is 0 Å². The van der Waals surface area contributed by atoms with E-state index in [0.29, 0.717) is 11.6 Å². The van der Waals surface area contributed by atoms with E-state index in [1.807, 2.05) is 4.90 Å². The van der Waals surface area contributed by atoms with Crippen molar-refractivity contribution >= 4 is 5.69 Å². The molecule has 3 nitrogen and oxygen atoms in total. The number of nitrogens with zero attached hydrogens (tertiary/aromatic N) is 3. The van der Waals surface area contributed by atoms with Crippen molar-refractivity contribution in [3.05, 3.63) is 78.4 Å². The molecule has 36 heavy (non-hydrogen) atoms. The zero-order valence-corrected chi connectivity index (χ0v) is 20.7. The van der Waals surface area contributed by atoms with E-state index in [0.717, 1.165) is 89.7 Å². The predicted molar refractivity (Wildman–Crippen MR) is 135 cm³/mol. The van der Waals surface area contributed by atoms with Crippen LogP contribution in [0.25, 0.3) is 0 Å². The first kappa shape index (κ1) is 28.1. The molecule has 2 aromatic carbocycles. The van der Waals surface area contributed by atoms with Gasteiger partial charge in [-0.3, -0.25) is 4.90 Å². The van der Waals surface area contributed by atoms with Crippen molar-refractivity contribution < 1.29 is 22.0 Å². The molecule has 2 aliphatic rings. The first-order chi connectivity index (χ1) is 17.3. The van der Waals surface area contributed by atoms with Crippen LogP contribution in [0.15, 0.2) is 55.6 Å². The molecule has 0 spiro atoms. The Morgan fingerprint density at radius 2 is 1.44 bits per heavy atom. The summed E-state index contributed by atoms with van der Waals surface area (Å²) in [4.78, 5) is 6.85. The van der Waals surface area contributed by atoms with Gasteiger partial charge in [-0.15, -0.1) is 13.2 Å². The van der Waals surface area contributed by atoms with E-state index in [-0.39, 0.29) is 0 Å². The van der Waals surface area contributed by atoms with Gasteiger partial charge in [-0.05, 0) is 87.1 Å². The van der Waals surface area contributed by atoms with Crippen molar-refractivity contribution in [2.75, 3.05) is 57.3 Å². The smallest absolute Gasteiger partial charge is 0.369 e. The molecule has 0 N–H and O–H groups in total. The van der Waals surface area contributed by atoms with Gasteiger partial charge in [0.2, 0.25) is 0 Å². The van der Waals surface area contributed by atoms with Gasteiger partial charge in [-0.2, -0.15) is 13.2 Å². The summed E-state index contributed by atoms with van der Waals surface area (Å²) in [6.45, 7) is 13.1. The summed E-state index contributed by atoms with van der Waals surface area (Å²) in [6, 6.07) is 9.73. The van der Waals surface area contributed by atoms with Crippen molar-refractivity contribution in [2.24, 2.45) is 5.92 Å². The van der Waals surface area contributed by atoms with E-state index in [4.69, 9.17) is 0 Å². The fourth-order valence-electron chi connectivity index (χ4n) is 4.95. The second-order valence-corrected chi connectivity index (χ2v) is 9.45. The summed E-state index contributed by atoms with van der Waals surface area (Å²) in [5.41, 5.74) is 0.874. The standard InChI is InChI=1S/C26H32F5N3.C2H4/c27-24-5-4-21(18-25(24)28)9-13-32-10-6-20(7-11-32)8-12-33-14-16-34(17-15-33)23-3-1-2-22(19-23)26(29,30)31;1-2/h1-5,18-20H,6-17H2;1-2H2. The highest BCUT2D eigenvalue weighted by Gasteiger charge is 2.31. The van der Waals surface area contributed by atoms with Gasteiger partial charge in [-0.25, -0.2) is 8.78 Å². The Labute approximate surface area is 211 Å². The van der Waals surface area contributed by atoms with Crippen LogP contribution in [0.5, 0.6) is 0 Å². The molecule has 2 fully saturated rings. The highest BCUT2D eigenvalue weighted by Crippen LogP contribution is 2.32. The first-order valence-corrected chi connectivity index (χ1v) is 12.6. The van der Waals surface area contributed by atoms with Crippen molar-refractivity contribution in [1.82, 2.24) is 9.80 Å². The third-order valence-corrected chi connectivity index (χ3v) is 7.17. The largest absolute Gasteiger partial charge is 0.416 e. The molecule has 0 radical (unpaired) electrons. The van der Waals surface area contributed by atoms with E-state index in [9.17, 15) is 22.0 Å². The lowest BCUT2D eigenvalue weighted by atomic mass is 9.93. The van der Waals surface area contributed by atoms with Crippen molar-refractivity contribution in [1.29, 1.82) is 0 Å². The van der Waals surface area contributed by atoms with Gasteiger partial charge in [0, 0.05) is 38.4 Å². The first-order valence-electron chi connectivity index (χ1n) is 12.6. The van der Waals surface area contributed by atoms with Crippen LogP contribution >= 0.6 is 0 Å². The molecule has 0 amide bonds. The van der Waals surface area contributed by atoms with Crippen LogP contribution in [-0.2, 0) is 12.6 Å². The average Bonchev–Trinajstić information content (AvgIpc) is 2.90. The molecule has 0 aliphatic carbocycles. The summed E-state index contributed by atoms with van der Waals surface area (Å²) >= 11 is 0. The number of likely N-dealkylation sites (tertiary alicyclic amines) is 1. The van der Waals surface area contributed by atoms with Crippen molar-refractivity contribution in [2.45, 2.75) is 31.9 Å². The number of piperazine rings is 1. The highest BCUT2D eigenvalue weighted by molar-refractivity contribution is 5.49. The summed E-state index contributed by atoms with van der Waals surface area (Å²) in [5.74, 6) is -0.908. The van der Waals surface area contributed by atoms with E-state index in [1.165, 1.54) is 24.3 Å². The van der Waals surface area contributed by atoms with E-state index < -0.39 is 23.4 Å². The highest BCUT2D eigenvalue weighted by atomic mass is 19.4. The maximum Gasteiger partial charge on any atom is 0.416 e. The lowest BCUT2D eigenvalue weighted by molar-refractivity contribution is -0.137. The molecule has 0 saturated carbocycles. The number of hydrogen-bond donors (Lipinski definition) is 0. The number of hydrogen-bond acceptors (Lipinski definition) is 3. The number of benzene rings is 2. The van der Waals surface area contributed by atoms with Gasteiger partial charge < -0.3 is 9.80 Å². The monoisotopic (exact) mass is 509 g/mol. The molecular weight excluding hydrogens is 473 g/mol. The van der Waals surface area contributed by atoms with Crippen LogP contribution in [0.3, 0.4) is 0 Å². The maximum atomic E-state index is 13.4. The number of halogens is 5. The molecule has 2 aliphatic heterocycles. The van der Waals surface area contributed by atoms with Crippen LogP contribution in [0.2, 0.25) is 0 Å². The Morgan fingerprint density at radius 1 is 0.778 bits per heavy atom. The van der Waals surface area contributed by atoms with Crippen LogP contribution < -0.4 is 4.90 Å². The molecule has 0 aromatic heterocycles. The molecular formula is C28H36F5N3. The fraction of sp³-hybridized carbons (Fsp3) is 0.500. The van der Waals surface area contributed by atoms with Crippen LogP contribution in [-0.4, -0.2) is 62.2 Å². The number of piperidine rings is 1. The summed E-state index contributed by atoms with van der Waals surface area (Å²) < 4.78 is 65.4. The van der Waals surface area contributed by atoms with Gasteiger partial charge in [-0.1, -0.05) is 12.1 Å². The van der Waals surface area contributed by atoms with Crippen LogP contribution in [0, 0.1) is 17.6 Å². The van der Waals surface area contributed by atoms with E-state index >= 15 is 0 Å². The van der Waals surface area contributed by atoms with Crippen LogP contribution in [0.1, 0.15) is 30.4 Å². The predicted octanol–water partition coefficient (Wildman–Crippen LogP) is 6.25. The Bertz CT molecular complexity index is 948. The lowest BCUT2D eigenvalue weighted by Gasteiger charge is -2.38. The third-order valence-electron chi connectivity index (χ3n) is 7.17. The molecule has 2 saturated heterocycles. The number of rotatable bonds is 7. The topological polar surface area (TPSA) is 9.72 Å². The minimum Gasteiger partial charge on any atom is -0.369 e. The SMILES string of the molecule is C=C.Fc1ccc(CCN2CCC(CCN3CCN(c4cccc(C(F)(F)F)c4)CC3)CC2)cc1F. The molecule has 0 atom stereocenters.